The molecule has 2 N–H and O–H groups in total. The molecule has 0 unspecified atom stereocenters. The SMILES string of the molecule is OCc1cccc(-c2cnc3[nH]c4cnc(-c5cccnc5)cc4c3c2)c1. The lowest BCUT2D eigenvalue weighted by atomic mass is 10.0. The molecule has 0 fully saturated rings. The molecule has 0 bridgehead atoms. The van der Waals surface area contributed by atoms with Crippen molar-refractivity contribution in [3.63, 3.8) is 0 Å². The van der Waals surface area contributed by atoms with Gasteiger partial charge in [0.1, 0.15) is 5.65 Å². The van der Waals surface area contributed by atoms with Gasteiger partial charge < -0.3 is 10.1 Å². The highest BCUT2D eigenvalue weighted by molar-refractivity contribution is 6.07. The molecule has 0 saturated heterocycles. The largest absolute Gasteiger partial charge is 0.392 e. The molecule has 130 valence electrons. The summed E-state index contributed by atoms with van der Waals surface area (Å²) in [5.74, 6) is 0. The van der Waals surface area contributed by atoms with Crippen molar-refractivity contribution in [3.8, 4) is 22.4 Å². The summed E-state index contributed by atoms with van der Waals surface area (Å²) in [4.78, 5) is 16.7. The fourth-order valence-electron chi connectivity index (χ4n) is 3.35. The molecule has 5 aromatic rings. The van der Waals surface area contributed by atoms with Crippen LogP contribution in [0, 0.1) is 0 Å². The standard InChI is InChI=1S/C22H16N4O/c27-13-14-3-1-4-15(7-14)17-8-19-18-9-20(16-5-2-6-23-10-16)24-12-21(18)26-22(19)25-11-17/h1-12,27H,13H2,(H,25,26). The Hall–Kier alpha value is -3.57. The third kappa shape index (κ3) is 2.74. The molecule has 5 nitrogen and oxygen atoms in total. The van der Waals surface area contributed by atoms with Crippen LogP contribution in [-0.4, -0.2) is 25.0 Å². The zero-order chi connectivity index (χ0) is 18.2. The number of nitrogens with one attached hydrogen (secondary N) is 1. The lowest BCUT2D eigenvalue weighted by Gasteiger charge is -2.04. The maximum absolute atomic E-state index is 9.40. The molecule has 5 heteroatoms. The van der Waals surface area contributed by atoms with Crippen molar-refractivity contribution in [3.05, 3.63) is 78.9 Å². The quantitative estimate of drug-likeness (QED) is 0.507. The third-order valence-corrected chi connectivity index (χ3v) is 4.74. The Balaban J connectivity index is 1.69. The van der Waals surface area contributed by atoms with E-state index in [0.717, 1.165) is 49.9 Å². The molecule has 0 radical (unpaired) electrons. The van der Waals surface area contributed by atoms with Crippen molar-refractivity contribution in [1.29, 1.82) is 0 Å². The van der Waals surface area contributed by atoms with Crippen LogP contribution in [0.4, 0.5) is 0 Å². The molecule has 0 saturated carbocycles. The summed E-state index contributed by atoms with van der Waals surface area (Å²) < 4.78 is 0. The van der Waals surface area contributed by atoms with Crippen LogP contribution in [0.5, 0.6) is 0 Å². The van der Waals surface area contributed by atoms with Crippen LogP contribution < -0.4 is 0 Å². The van der Waals surface area contributed by atoms with Gasteiger partial charge in [-0.1, -0.05) is 18.2 Å². The van der Waals surface area contributed by atoms with E-state index in [4.69, 9.17) is 0 Å². The first-order chi connectivity index (χ1) is 13.3. The van der Waals surface area contributed by atoms with E-state index >= 15 is 0 Å². The maximum atomic E-state index is 9.40. The first-order valence-electron chi connectivity index (χ1n) is 8.70. The predicted molar refractivity (Wildman–Crippen MR) is 106 cm³/mol. The van der Waals surface area contributed by atoms with Crippen molar-refractivity contribution in [2.45, 2.75) is 6.61 Å². The van der Waals surface area contributed by atoms with Gasteiger partial charge in [0.2, 0.25) is 0 Å². The first-order valence-corrected chi connectivity index (χ1v) is 8.70. The Labute approximate surface area is 155 Å². The highest BCUT2D eigenvalue weighted by Crippen LogP contribution is 2.30. The topological polar surface area (TPSA) is 74.7 Å². The molecule has 5 rings (SSSR count). The normalized spacial score (nSPS) is 11.3. The van der Waals surface area contributed by atoms with E-state index in [1.807, 2.05) is 55.0 Å². The van der Waals surface area contributed by atoms with E-state index < -0.39 is 0 Å². The van der Waals surface area contributed by atoms with E-state index in [2.05, 4.69) is 32.1 Å². The summed E-state index contributed by atoms with van der Waals surface area (Å²) in [5, 5.41) is 11.5. The maximum Gasteiger partial charge on any atom is 0.138 e. The molecule has 0 spiro atoms. The molecule has 1 aromatic carbocycles. The van der Waals surface area contributed by atoms with Gasteiger partial charge in [-0.05, 0) is 41.5 Å². The summed E-state index contributed by atoms with van der Waals surface area (Å²) in [6.07, 6.45) is 7.26. The summed E-state index contributed by atoms with van der Waals surface area (Å²) in [7, 11) is 0. The number of aromatic amines is 1. The Morgan fingerprint density at radius 3 is 2.59 bits per heavy atom. The second-order valence-electron chi connectivity index (χ2n) is 6.46. The number of hydrogen-bond donors (Lipinski definition) is 2. The van der Waals surface area contributed by atoms with Crippen LogP contribution in [-0.2, 0) is 6.61 Å². The first kappa shape index (κ1) is 15.7. The van der Waals surface area contributed by atoms with E-state index in [1.165, 1.54) is 0 Å². The molecule has 0 aliphatic rings. The van der Waals surface area contributed by atoms with E-state index in [1.54, 1.807) is 6.20 Å². The van der Waals surface area contributed by atoms with Crippen LogP contribution in [0.2, 0.25) is 0 Å². The number of rotatable bonds is 3. The van der Waals surface area contributed by atoms with Gasteiger partial charge in [0, 0.05) is 40.5 Å². The van der Waals surface area contributed by atoms with Gasteiger partial charge in [0.15, 0.2) is 0 Å². The van der Waals surface area contributed by atoms with Crippen LogP contribution in [0.15, 0.2) is 73.3 Å². The number of hydrogen-bond acceptors (Lipinski definition) is 4. The van der Waals surface area contributed by atoms with Crippen molar-refractivity contribution in [1.82, 2.24) is 19.9 Å². The van der Waals surface area contributed by atoms with Gasteiger partial charge in [-0.25, -0.2) is 4.98 Å². The minimum Gasteiger partial charge on any atom is -0.392 e. The summed E-state index contributed by atoms with van der Waals surface area (Å²) in [6.45, 7) is 0.0245. The van der Waals surface area contributed by atoms with E-state index in [0.29, 0.717) is 0 Å². The lowest BCUT2D eigenvalue weighted by molar-refractivity contribution is 0.282. The summed E-state index contributed by atoms with van der Waals surface area (Å²) in [6, 6.07) is 16.0. The van der Waals surface area contributed by atoms with Crippen molar-refractivity contribution in [2.24, 2.45) is 0 Å². The number of aliphatic hydroxyl groups is 1. The van der Waals surface area contributed by atoms with Crippen LogP contribution >= 0.6 is 0 Å². The molecule has 0 aliphatic carbocycles. The van der Waals surface area contributed by atoms with Crippen LogP contribution in [0.25, 0.3) is 44.3 Å². The van der Waals surface area contributed by atoms with Gasteiger partial charge in [-0.15, -0.1) is 0 Å². The molecular weight excluding hydrogens is 336 g/mol. The summed E-state index contributed by atoms with van der Waals surface area (Å²) >= 11 is 0. The number of fused-ring (bicyclic) bond motifs is 3. The highest BCUT2D eigenvalue weighted by Gasteiger charge is 2.10. The average Bonchev–Trinajstić information content (AvgIpc) is 3.11. The molecule has 4 heterocycles. The van der Waals surface area contributed by atoms with Gasteiger partial charge in [-0.3, -0.25) is 9.97 Å². The number of aliphatic hydroxyl groups excluding tert-OH is 1. The van der Waals surface area contributed by atoms with Crippen molar-refractivity contribution >= 4 is 21.9 Å². The zero-order valence-electron chi connectivity index (χ0n) is 14.4. The number of aromatic nitrogens is 4. The smallest absolute Gasteiger partial charge is 0.138 e. The van der Waals surface area contributed by atoms with Gasteiger partial charge in [0.05, 0.1) is 24.0 Å². The Bertz CT molecular complexity index is 1260. The second kappa shape index (κ2) is 6.30. The fourth-order valence-corrected chi connectivity index (χ4v) is 3.35. The molecule has 0 aliphatic heterocycles. The number of pyridine rings is 3. The Morgan fingerprint density at radius 1 is 0.815 bits per heavy atom. The van der Waals surface area contributed by atoms with Gasteiger partial charge >= 0.3 is 0 Å². The Morgan fingerprint density at radius 2 is 1.74 bits per heavy atom. The minimum absolute atomic E-state index is 0.0245. The van der Waals surface area contributed by atoms with Crippen LogP contribution in [0.3, 0.4) is 0 Å². The van der Waals surface area contributed by atoms with E-state index in [9.17, 15) is 5.11 Å². The van der Waals surface area contributed by atoms with Crippen molar-refractivity contribution < 1.29 is 5.11 Å². The monoisotopic (exact) mass is 352 g/mol. The zero-order valence-corrected chi connectivity index (χ0v) is 14.4. The van der Waals surface area contributed by atoms with Gasteiger partial charge in [0.25, 0.3) is 0 Å². The molecule has 0 atom stereocenters. The predicted octanol–water partition coefficient (Wildman–Crippen LogP) is 4.33. The highest BCUT2D eigenvalue weighted by atomic mass is 16.3. The third-order valence-electron chi connectivity index (χ3n) is 4.74. The second-order valence-corrected chi connectivity index (χ2v) is 6.46. The van der Waals surface area contributed by atoms with Crippen molar-refractivity contribution in [2.75, 3.05) is 0 Å². The number of benzene rings is 1. The van der Waals surface area contributed by atoms with E-state index in [-0.39, 0.29) is 6.61 Å². The van der Waals surface area contributed by atoms with Crippen LogP contribution in [0.1, 0.15) is 5.56 Å². The lowest BCUT2D eigenvalue weighted by Crippen LogP contribution is -1.86. The molecule has 4 aromatic heterocycles. The summed E-state index contributed by atoms with van der Waals surface area (Å²) in [5.41, 5.74) is 6.57. The Kier molecular flexibility index (Phi) is 3.66. The fraction of sp³-hybridized carbons (Fsp3) is 0.0455. The molecular formula is C22H16N4O. The molecule has 0 amide bonds. The minimum atomic E-state index is 0.0245. The molecule has 27 heavy (non-hydrogen) atoms. The average molecular weight is 352 g/mol. The number of H-pyrrole nitrogens is 1. The number of nitrogens with zero attached hydrogens (tertiary/aromatic N) is 3. The van der Waals surface area contributed by atoms with Gasteiger partial charge in [-0.2, -0.15) is 0 Å².